The van der Waals surface area contributed by atoms with Gasteiger partial charge in [-0.05, 0) is 21.0 Å². The van der Waals surface area contributed by atoms with Crippen LogP contribution in [-0.4, -0.2) is 42.3 Å². The monoisotopic (exact) mass is 238 g/mol. The van der Waals surface area contributed by atoms with E-state index in [-0.39, 0.29) is 13.3 Å². The molecule has 16 heavy (non-hydrogen) atoms. The number of likely N-dealkylation sites (N-methyl/N-ethyl adjacent to an activating group) is 1. The summed E-state index contributed by atoms with van der Waals surface area (Å²) in [5.41, 5.74) is 4.50. The number of carbonyl (C=O) groups is 2. The Hall–Kier alpha value is -1.14. The normalized spacial score (nSPS) is 9.69. The standard InChI is InChI=1S/C4H9NO2.C4H8O2.CH5N.CH4/c1-3(5-2)4(6)7;1-3(2)4(5)6;1-2;/h3,5H,1-2H3,(H,6,7);3H,1-2H3,(H,5,6);2H2,1H3;1H4. The number of aliphatic carboxylic acids is 2. The van der Waals surface area contributed by atoms with Crippen LogP contribution in [0.5, 0.6) is 0 Å². The molecule has 0 aliphatic carbocycles. The number of hydrogen-bond donors (Lipinski definition) is 4. The van der Waals surface area contributed by atoms with Gasteiger partial charge in [0.1, 0.15) is 6.04 Å². The van der Waals surface area contributed by atoms with Crippen LogP contribution in [0.15, 0.2) is 0 Å². The van der Waals surface area contributed by atoms with Gasteiger partial charge in [0.25, 0.3) is 0 Å². The lowest BCUT2D eigenvalue weighted by Crippen LogP contribution is -2.29. The lowest BCUT2D eigenvalue weighted by atomic mass is 10.2. The number of carboxylic acid groups (broad SMARTS) is 2. The van der Waals surface area contributed by atoms with E-state index >= 15 is 0 Å². The lowest BCUT2D eigenvalue weighted by molar-refractivity contribution is -0.140. The highest BCUT2D eigenvalue weighted by Gasteiger charge is 2.04. The molecule has 6 nitrogen and oxygen atoms in total. The van der Waals surface area contributed by atoms with E-state index in [1.54, 1.807) is 27.8 Å². The molecule has 1 unspecified atom stereocenters. The summed E-state index contributed by atoms with van der Waals surface area (Å²) in [7, 11) is 3.11. The summed E-state index contributed by atoms with van der Waals surface area (Å²) in [5, 5.41) is 18.7. The molecule has 0 aromatic heterocycles. The molecule has 0 rings (SSSR count). The Kier molecular flexibility index (Phi) is 24.7. The highest BCUT2D eigenvalue weighted by molar-refractivity contribution is 5.72. The molecule has 5 N–H and O–H groups in total. The molecular weight excluding hydrogens is 212 g/mol. The second-order valence-electron chi connectivity index (χ2n) is 2.84. The van der Waals surface area contributed by atoms with Gasteiger partial charge >= 0.3 is 11.9 Å². The molecule has 0 aliphatic heterocycles. The minimum absolute atomic E-state index is 0. The fourth-order valence-electron chi connectivity index (χ4n) is 0.123. The van der Waals surface area contributed by atoms with Crippen molar-refractivity contribution in [2.75, 3.05) is 14.1 Å². The van der Waals surface area contributed by atoms with E-state index in [1.165, 1.54) is 7.05 Å². The molecule has 0 bridgehead atoms. The zero-order valence-corrected chi connectivity index (χ0v) is 9.94. The molecule has 0 saturated heterocycles. The minimum atomic E-state index is -0.817. The van der Waals surface area contributed by atoms with Gasteiger partial charge in [-0.15, -0.1) is 0 Å². The average Bonchev–Trinajstić information content (AvgIpc) is 2.20. The Morgan fingerprint density at radius 2 is 1.31 bits per heavy atom. The number of nitrogens with two attached hydrogens (primary N) is 1. The first-order valence-electron chi connectivity index (χ1n) is 4.53. The summed E-state index contributed by atoms with van der Waals surface area (Å²) < 4.78 is 0. The third kappa shape index (κ3) is 23.0. The third-order valence-electron chi connectivity index (χ3n) is 1.30. The van der Waals surface area contributed by atoms with Crippen LogP contribution in [-0.2, 0) is 9.59 Å². The van der Waals surface area contributed by atoms with Crippen molar-refractivity contribution < 1.29 is 19.8 Å². The van der Waals surface area contributed by atoms with Crippen LogP contribution in [0, 0.1) is 5.92 Å². The maximum Gasteiger partial charge on any atom is 0.320 e. The predicted octanol–water partition coefficient (Wildman–Crippen LogP) is 0.617. The van der Waals surface area contributed by atoms with Gasteiger partial charge in [-0.3, -0.25) is 9.59 Å². The Morgan fingerprint density at radius 1 is 1.06 bits per heavy atom. The average molecular weight is 238 g/mol. The van der Waals surface area contributed by atoms with Gasteiger partial charge in [0.2, 0.25) is 0 Å². The molecule has 0 spiro atoms. The van der Waals surface area contributed by atoms with Crippen LogP contribution in [0.4, 0.5) is 0 Å². The smallest absolute Gasteiger partial charge is 0.320 e. The quantitative estimate of drug-likeness (QED) is 0.573. The molecule has 0 aromatic rings. The van der Waals surface area contributed by atoms with Crippen LogP contribution in [0.3, 0.4) is 0 Å². The first-order chi connectivity index (χ1) is 6.82. The molecule has 0 amide bonds. The van der Waals surface area contributed by atoms with Crippen molar-refractivity contribution in [1.29, 1.82) is 0 Å². The number of carboxylic acids is 2. The van der Waals surface area contributed by atoms with Crippen molar-refractivity contribution >= 4 is 11.9 Å². The Balaban J connectivity index is -0.0000000743. The molecule has 100 valence electrons. The zero-order valence-electron chi connectivity index (χ0n) is 9.94. The third-order valence-corrected chi connectivity index (χ3v) is 1.30. The van der Waals surface area contributed by atoms with Gasteiger partial charge in [-0.25, -0.2) is 0 Å². The summed E-state index contributed by atoms with van der Waals surface area (Å²) in [6.07, 6.45) is 0. The molecule has 0 aliphatic rings. The predicted molar refractivity (Wildman–Crippen MR) is 65.5 cm³/mol. The van der Waals surface area contributed by atoms with Crippen LogP contribution >= 0.6 is 0 Å². The topological polar surface area (TPSA) is 113 Å². The van der Waals surface area contributed by atoms with E-state index in [9.17, 15) is 9.59 Å². The van der Waals surface area contributed by atoms with Gasteiger partial charge in [-0.2, -0.15) is 0 Å². The molecule has 0 heterocycles. The van der Waals surface area contributed by atoms with Crippen LogP contribution < -0.4 is 11.1 Å². The molecule has 6 heteroatoms. The lowest BCUT2D eigenvalue weighted by Gasteiger charge is -1.99. The molecule has 0 fully saturated rings. The number of rotatable bonds is 3. The van der Waals surface area contributed by atoms with E-state index in [1.807, 2.05) is 0 Å². The van der Waals surface area contributed by atoms with Crippen molar-refractivity contribution in [1.82, 2.24) is 5.32 Å². The summed E-state index contributed by atoms with van der Waals surface area (Å²) in [6.45, 7) is 4.87. The summed E-state index contributed by atoms with van der Waals surface area (Å²) in [5.74, 6) is -1.79. The minimum Gasteiger partial charge on any atom is -0.481 e. The fraction of sp³-hybridized carbons (Fsp3) is 0.800. The molecular formula is C10H26N2O4. The van der Waals surface area contributed by atoms with E-state index in [0.717, 1.165) is 0 Å². The van der Waals surface area contributed by atoms with E-state index in [2.05, 4.69) is 11.1 Å². The number of hydrogen-bond acceptors (Lipinski definition) is 4. The van der Waals surface area contributed by atoms with Crippen molar-refractivity contribution in [3.05, 3.63) is 0 Å². The highest BCUT2D eigenvalue weighted by Crippen LogP contribution is 1.87. The van der Waals surface area contributed by atoms with E-state index in [0.29, 0.717) is 0 Å². The molecule has 0 aromatic carbocycles. The second kappa shape index (κ2) is 16.3. The van der Waals surface area contributed by atoms with Crippen LogP contribution in [0.2, 0.25) is 0 Å². The van der Waals surface area contributed by atoms with Gasteiger partial charge in [0, 0.05) is 0 Å². The van der Waals surface area contributed by atoms with Gasteiger partial charge in [-0.1, -0.05) is 21.3 Å². The molecule has 0 saturated carbocycles. The summed E-state index contributed by atoms with van der Waals surface area (Å²) in [6, 6.07) is -0.431. The maximum atomic E-state index is 9.87. The van der Waals surface area contributed by atoms with Crippen LogP contribution in [0.25, 0.3) is 0 Å². The highest BCUT2D eigenvalue weighted by atomic mass is 16.4. The van der Waals surface area contributed by atoms with Crippen molar-refractivity contribution in [2.45, 2.75) is 34.2 Å². The van der Waals surface area contributed by atoms with Gasteiger partial charge in [0.05, 0.1) is 5.92 Å². The second-order valence-corrected chi connectivity index (χ2v) is 2.84. The Morgan fingerprint density at radius 3 is 1.31 bits per heavy atom. The van der Waals surface area contributed by atoms with Gasteiger partial charge < -0.3 is 21.3 Å². The first kappa shape index (κ1) is 24.2. The van der Waals surface area contributed by atoms with E-state index < -0.39 is 18.0 Å². The summed E-state index contributed by atoms with van der Waals surface area (Å²) >= 11 is 0. The Bertz CT molecular complexity index is 172. The molecule has 1 atom stereocenters. The fourth-order valence-corrected chi connectivity index (χ4v) is 0.123. The van der Waals surface area contributed by atoms with Crippen LogP contribution in [0.1, 0.15) is 28.2 Å². The van der Waals surface area contributed by atoms with Crippen molar-refractivity contribution in [2.24, 2.45) is 11.7 Å². The van der Waals surface area contributed by atoms with Gasteiger partial charge in [0.15, 0.2) is 0 Å². The van der Waals surface area contributed by atoms with E-state index in [4.69, 9.17) is 10.2 Å². The van der Waals surface area contributed by atoms with Crippen molar-refractivity contribution in [3.63, 3.8) is 0 Å². The SMILES string of the molecule is C.CC(C)C(=O)O.CN.CNC(C)C(=O)O. The number of nitrogens with one attached hydrogen (secondary N) is 1. The first-order valence-corrected chi connectivity index (χ1v) is 4.53. The Labute approximate surface area is 97.8 Å². The summed E-state index contributed by atoms with van der Waals surface area (Å²) in [4.78, 5) is 19.6. The largest absolute Gasteiger partial charge is 0.481 e. The molecule has 0 radical (unpaired) electrons. The zero-order chi connectivity index (χ0) is 13.0. The van der Waals surface area contributed by atoms with Crippen molar-refractivity contribution in [3.8, 4) is 0 Å². The maximum absolute atomic E-state index is 9.87.